The van der Waals surface area contributed by atoms with Crippen molar-refractivity contribution in [2.45, 2.75) is 52.0 Å². The first-order chi connectivity index (χ1) is 19.3. The van der Waals surface area contributed by atoms with Gasteiger partial charge in [0.2, 0.25) is 11.3 Å². The van der Waals surface area contributed by atoms with Crippen LogP contribution in [0.4, 0.5) is 17.1 Å². The number of aryl methyl sites for hydroxylation is 1. The number of methoxy groups -OCH3 is 1. The molecule has 0 radical (unpaired) electrons. The summed E-state index contributed by atoms with van der Waals surface area (Å²) in [6.45, 7) is 4.80. The molecule has 0 saturated heterocycles. The third-order valence-electron chi connectivity index (χ3n) is 6.90. The third kappa shape index (κ3) is 6.88. The molecule has 3 aromatic carbocycles. The van der Waals surface area contributed by atoms with Gasteiger partial charge in [0.15, 0.2) is 0 Å². The van der Waals surface area contributed by atoms with Crippen molar-refractivity contribution in [3.63, 3.8) is 0 Å². The maximum absolute atomic E-state index is 13.4. The van der Waals surface area contributed by atoms with E-state index in [-0.39, 0.29) is 16.9 Å². The molecule has 0 spiro atoms. The molecule has 0 fully saturated rings. The lowest BCUT2D eigenvalue weighted by molar-refractivity contribution is -0.116. The zero-order valence-electron chi connectivity index (χ0n) is 23.2. The van der Waals surface area contributed by atoms with Crippen LogP contribution in [-0.4, -0.2) is 23.5 Å². The van der Waals surface area contributed by atoms with Crippen LogP contribution in [0.2, 0.25) is 0 Å². The zero-order chi connectivity index (χ0) is 28.6. The Morgan fingerprint density at radius 2 is 1.70 bits per heavy atom. The van der Waals surface area contributed by atoms with E-state index in [0.717, 1.165) is 18.4 Å². The molecule has 4 aromatic rings. The average molecular weight is 541 g/mol. The van der Waals surface area contributed by atoms with E-state index >= 15 is 0 Å². The number of anilines is 3. The number of para-hydroxylation sites is 2. The van der Waals surface area contributed by atoms with Crippen LogP contribution in [0.15, 0.2) is 77.7 Å². The van der Waals surface area contributed by atoms with Crippen LogP contribution >= 0.6 is 0 Å². The molecule has 4 N–H and O–H groups in total. The van der Waals surface area contributed by atoms with Crippen molar-refractivity contribution >= 4 is 39.8 Å². The molecule has 0 unspecified atom stereocenters. The van der Waals surface area contributed by atoms with Crippen molar-refractivity contribution in [1.29, 1.82) is 0 Å². The van der Waals surface area contributed by atoms with Crippen LogP contribution < -0.4 is 26.5 Å². The van der Waals surface area contributed by atoms with Crippen LogP contribution in [0.1, 0.15) is 61.4 Å². The van der Waals surface area contributed by atoms with Crippen molar-refractivity contribution < 1.29 is 14.3 Å². The molecule has 1 aromatic heterocycles. The van der Waals surface area contributed by atoms with Crippen LogP contribution in [0.3, 0.4) is 0 Å². The first-order valence-electron chi connectivity index (χ1n) is 13.5. The van der Waals surface area contributed by atoms with Gasteiger partial charge in [-0.05, 0) is 66.8 Å². The molecule has 0 saturated carbocycles. The third-order valence-corrected chi connectivity index (χ3v) is 6.90. The van der Waals surface area contributed by atoms with Crippen LogP contribution in [0, 0.1) is 0 Å². The normalized spacial score (nSPS) is 11.0. The topological polar surface area (TPSA) is 115 Å². The molecule has 0 bridgehead atoms. The van der Waals surface area contributed by atoms with Gasteiger partial charge in [-0.25, -0.2) is 0 Å². The lowest BCUT2D eigenvalue weighted by Gasteiger charge is -2.15. The van der Waals surface area contributed by atoms with Gasteiger partial charge in [-0.1, -0.05) is 44.5 Å². The smallest absolute Gasteiger partial charge is 0.261 e. The Hall–Kier alpha value is -4.59. The van der Waals surface area contributed by atoms with Gasteiger partial charge in [0, 0.05) is 24.8 Å². The summed E-state index contributed by atoms with van der Waals surface area (Å²) >= 11 is 0. The molecule has 2 amide bonds. The Morgan fingerprint density at radius 3 is 2.40 bits per heavy atom. The summed E-state index contributed by atoms with van der Waals surface area (Å²) < 4.78 is 7.26. The Kier molecular flexibility index (Phi) is 9.22. The van der Waals surface area contributed by atoms with Gasteiger partial charge >= 0.3 is 0 Å². The highest BCUT2D eigenvalue weighted by Crippen LogP contribution is 2.22. The largest absolute Gasteiger partial charge is 0.497 e. The summed E-state index contributed by atoms with van der Waals surface area (Å²) in [7, 11) is 1.54. The number of fused-ring (bicyclic) bond motifs is 1. The van der Waals surface area contributed by atoms with Crippen LogP contribution in [0.5, 0.6) is 5.75 Å². The number of aromatic nitrogens is 1. The molecule has 0 aliphatic heterocycles. The second-order valence-electron chi connectivity index (χ2n) is 10.1. The minimum absolute atomic E-state index is 0.0634. The molecule has 0 aliphatic carbocycles. The maximum atomic E-state index is 13.4. The number of nitrogens with two attached hydrogens (primary N) is 1. The SMILES string of the molecule is COc1ccc2c(c1)c(=O)c(C(=O)Nc1ccc(C(C)C)cc1)cn2CCCCCC(=O)Nc1ccccc1N. The molecule has 208 valence electrons. The van der Waals surface area contributed by atoms with Gasteiger partial charge in [-0.15, -0.1) is 0 Å². The quantitative estimate of drug-likeness (QED) is 0.155. The van der Waals surface area contributed by atoms with Crippen LogP contribution in [0.25, 0.3) is 10.9 Å². The van der Waals surface area contributed by atoms with E-state index in [9.17, 15) is 14.4 Å². The number of rotatable bonds is 11. The van der Waals surface area contributed by atoms with Gasteiger partial charge in [0.1, 0.15) is 11.3 Å². The fraction of sp³-hybridized carbons (Fsp3) is 0.281. The number of pyridine rings is 1. The summed E-state index contributed by atoms with van der Waals surface area (Å²) in [6, 6.07) is 20.1. The molecule has 4 rings (SSSR count). The Bertz CT molecular complexity index is 1560. The molecular weight excluding hydrogens is 504 g/mol. The van der Waals surface area contributed by atoms with E-state index in [0.29, 0.717) is 53.5 Å². The molecule has 40 heavy (non-hydrogen) atoms. The lowest BCUT2D eigenvalue weighted by atomic mass is 10.0. The van der Waals surface area contributed by atoms with E-state index < -0.39 is 5.91 Å². The second-order valence-corrected chi connectivity index (χ2v) is 10.1. The number of nitrogens with one attached hydrogen (secondary N) is 2. The average Bonchev–Trinajstić information content (AvgIpc) is 2.95. The number of nitrogen functional groups attached to an aromatic ring is 1. The van der Waals surface area contributed by atoms with Gasteiger partial charge in [0.05, 0.1) is 29.4 Å². The molecule has 0 aliphatic rings. The number of carbonyl (C=O) groups is 2. The standard InChI is InChI=1S/C32H36N4O4/c1-21(2)22-12-14-23(15-13-22)34-32(39)26-20-36(29-17-16-24(40-3)19-25(29)31(26)38)18-8-4-5-11-30(37)35-28-10-7-6-9-27(28)33/h6-7,9-10,12-17,19-21H,4-5,8,11,18,33H2,1-3H3,(H,34,39)(H,35,37). The number of unbranched alkanes of at least 4 members (excludes halogenated alkanes) is 2. The number of ether oxygens (including phenoxy) is 1. The summed E-state index contributed by atoms with van der Waals surface area (Å²) in [5.41, 5.74) is 9.28. The number of nitrogens with zero attached hydrogens (tertiary/aromatic N) is 1. The van der Waals surface area contributed by atoms with Crippen molar-refractivity contribution in [3.05, 3.63) is 94.3 Å². The minimum atomic E-state index is -0.461. The Balaban J connectivity index is 1.46. The van der Waals surface area contributed by atoms with Gasteiger partial charge < -0.3 is 25.7 Å². The molecule has 8 nitrogen and oxygen atoms in total. The highest BCUT2D eigenvalue weighted by molar-refractivity contribution is 6.05. The molecule has 0 atom stereocenters. The number of benzene rings is 3. The fourth-order valence-electron chi connectivity index (χ4n) is 4.57. The van der Waals surface area contributed by atoms with Crippen molar-refractivity contribution in [2.24, 2.45) is 0 Å². The van der Waals surface area contributed by atoms with Gasteiger partial charge in [-0.3, -0.25) is 14.4 Å². The van der Waals surface area contributed by atoms with E-state index in [1.54, 1.807) is 37.6 Å². The molecule has 1 heterocycles. The molecule has 8 heteroatoms. The van der Waals surface area contributed by atoms with Crippen molar-refractivity contribution in [2.75, 3.05) is 23.5 Å². The summed E-state index contributed by atoms with van der Waals surface area (Å²) in [4.78, 5) is 38.9. The summed E-state index contributed by atoms with van der Waals surface area (Å²) in [5.74, 6) is 0.379. The zero-order valence-corrected chi connectivity index (χ0v) is 23.2. The van der Waals surface area contributed by atoms with E-state index in [2.05, 4.69) is 24.5 Å². The van der Waals surface area contributed by atoms with Crippen molar-refractivity contribution in [3.8, 4) is 5.75 Å². The predicted molar refractivity (Wildman–Crippen MR) is 161 cm³/mol. The maximum Gasteiger partial charge on any atom is 0.261 e. The van der Waals surface area contributed by atoms with Crippen molar-refractivity contribution in [1.82, 2.24) is 4.57 Å². The van der Waals surface area contributed by atoms with Gasteiger partial charge in [-0.2, -0.15) is 0 Å². The summed E-state index contributed by atoms with van der Waals surface area (Å²) in [5, 5.41) is 6.13. The number of hydrogen-bond acceptors (Lipinski definition) is 5. The van der Waals surface area contributed by atoms with E-state index in [4.69, 9.17) is 10.5 Å². The van der Waals surface area contributed by atoms with Crippen LogP contribution in [-0.2, 0) is 11.3 Å². The predicted octanol–water partition coefficient (Wildman–Crippen LogP) is 6.17. The first-order valence-corrected chi connectivity index (χ1v) is 13.5. The lowest BCUT2D eigenvalue weighted by Crippen LogP contribution is -2.24. The summed E-state index contributed by atoms with van der Waals surface area (Å²) in [6.07, 6.45) is 4.26. The second kappa shape index (κ2) is 13.0. The number of carbonyl (C=O) groups excluding carboxylic acids is 2. The fourth-order valence-corrected chi connectivity index (χ4v) is 4.57. The highest BCUT2D eigenvalue weighted by atomic mass is 16.5. The number of amides is 2. The first kappa shape index (κ1) is 28.4. The minimum Gasteiger partial charge on any atom is -0.497 e. The highest BCUT2D eigenvalue weighted by Gasteiger charge is 2.17. The number of hydrogen-bond donors (Lipinski definition) is 3. The monoisotopic (exact) mass is 540 g/mol. The van der Waals surface area contributed by atoms with E-state index in [1.807, 2.05) is 47.0 Å². The van der Waals surface area contributed by atoms with E-state index in [1.165, 1.54) is 5.56 Å². The molecular formula is C32H36N4O4. The van der Waals surface area contributed by atoms with Gasteiger partial charge in [0.25, 0.3) is 5.91 Å². The Labute approximate surface area is 234 Å². The Morgan fingerprint density at radius 1 is 0.950 bits per heavy atom.